The molecule has 0 saturated carbocycles. The van der Waals surface area contributed by atoms with E-state index in [1.165, 1.54) is 0 Å². The molecule has 3 aromatic heterocycles. The van der Waals surface area contributed by atoms with Crippen molar-refractivity contribution in [3.63, 3.8) is 0 Å². The van der Waals surface area contributed by atoms with Crippen molar-refractivity contribution in [2.24, 2.45) is 7.05 Å². The van der Waals surface area contributed by atoms with Crippen LogP contribution in [0.3, 0.4) is 0 Å². The van der Waals surface area contributed by atoms with E-state index < -0.39 is 6.85 Å². The minimum atomic E-state index is -2.11. The van der Waals surface area contributed by atoms with Crippen LogP contribution in [0.1, 0.15) is 15.2 Å². The summed E-state index contributed by atoms with van der Waals surface area (Å²) in [4.78, 5) is 6.35. The summed E-state index contributed by atoms with van der Waals surface area (Å²) in [6.07, 6.45) is 7.38. The number of fused-ring (bicyclic) bond motifs is 3. The fraction of sp³-hybridized carbons (Fsp3) is 0.176. The van der Waals surface area contributed by atoms with Crippen molar-refractivity contribution in [3.8, 4) is 0 Å². The van der Waals surface area contributed by atoms with Crippen LogP contribution < -0.4 is 15.0 Å². The Kier molecular flexibility index (Phi) is 2.20. The molecule has 0 unspecified atom stereocenters. The van der Waals surface area contributed by atoms with E-state index in [0.29, 0.717) is 11.3 Å². The lowest BCUT2D eigenvalue weighted by molar-refractivity contribution is -0.658. The number of furan rings is 1. The Morgan fingerprint density at radius 2 is 2.27 bits per heavy atom. The van der Waals surface area contributed by atoms with Gasteiger partial charge < -0.3 is 4.42 Å². The molecule has 0 aromatic carbocycles. The van der Waals surface area contributed by atoms with E-state index >= 15 is 0 Å². The fourth-order valence-corrected chi connectivity index (χ4v) is 3.00. The number of hydrogen-bond donors (Lipinski definition) is 0. The molecule has 0 aliphatic carbocycles. The zero-order valence-electron chi connectivity index (χ0n) is 15.4. The second kappa shape index (κ2) is 4.73. The predicted octanol–water partition coefficient (Wildman–Crippen LogP) is 2.28. The number of hydrogen-bond acceptors (Lipinski definition) is 3. The summed E-state index contributed by atoms with van der Waals surface area (Å²) in [7, 11) is 1.85. The van der Waals surface area contributed by atoms with Crippen LogP contribution >= 0.6 is 0 Å². The van der Waals surface area contributed by atoms with Crippen molar-refractivity contribution >= 4 is 35.5 Å². The van der Waals surface area contributed by atoms with E-state index in [1.807, 2.05) is 42.1 Å². The van der Waals surface area contributed by atoms with Gasteiger partial charge >= 0.3 is 6.85 Å². The molecule has 3 aromatic rings. The molecular formula is C17H17BN3O+. The van der Waals surface area contributed by atoms with Crippen molar-refractivity contribution in [2.45, 2.75) is 13.7 Å². The summed E-state index contributed by atoms with van der Waals surface area (Å²) in [5.41, 5.74) is 2.86. The molecular weight excluding hydrogens is 273 g/mol. The third-order valence-corrected chi connectivity index (χ3v) is 4.10. The monoisotopic (exact) mass is 293 g/mol. The second-order valence-electron chi connectivity index (χ2n) is 5.52. The van der Waals surface area contributed by atoms with Gasteiger partial charge in [-0.2, -0.15) is 0 Å². The number of aryl methyl sites for hydroxylation is 2. The van der Waals surface area contributed by atoms with Crippen molar-refractivity contribution < 1.29 is 13.1 Å². The van der Waals surface area contributed by atoms with Crippen LogP contribution in [0, 0.1) is 6.85 Å². The molecule has 0 spiro atoms. The third-order valence-electron chi connectivity index (χ3n) is 4.10. The van der Waals surface area contributed by atoms with E-state index in [9.17, 15) is 0 Å². The highest BCUT2D eigenvalue weighted by Gasteiger charge is 2.37. The van der Waals surface area contributed by atoms with E-state index in [-0.39, 0.29) is 6.85 Å². The number of aromatic nitrogens is 2. The average molecular weight is 293 g/mol. The normalized spacial score (nSPS) is 16.4. The lowest BCUT2D eigenvalue weighted by atomic mass is 9.58. The zero-order chi connectivity index (χ0) is 17.8. The highest BCUT2D eigenvalue weighted by atomic mass is 16.3. The summed E-state index contributed by atoms with van der Waals surface area (Å²) in [6, 6.07) is 7.38. The Morgan fingerprint density at radius 1 is 1.36 bits per heavy atom. The van der Waals surface area contributed by atoms with E-state index in [4.69, 9.17) is 8.53 Å². The van der Waals surface area contributed by atoms with Gasteiger partial charge in [-0.3, -0.25) is 4.81 Å². The molecule has 4 rings (SSSR count). The van der Waals surface area contributed by atoms with Gasteiger partial charge in [0.1, 0.15) is 5.66 Å². The first-order chi connectivity index (χ1) is 11.9. The van der Waals surface area contributed by atoms with Crippen LogP contribution in [0.15, 0.2) is 47.3 Å². The van der Waals surface area contributed by atoms with Gasteiger partial charge in [-0.25, -0.2) is 9.55 Å². The van der Waals surface area contributed by atoms with Gasteiger partial charge in [0.15, 0.2) is 0 Å². The smallest absolute Gasteiger partial charge is 0.447 e. The number of anilines is 1. The van der Waals surface area contributed by atoms with Crippen LogP contribution in [0.25, 0.3) is 17.2 Å². The van der Waals surface area contributed by atoms with Gasteiger partial charge in [0.25, 0.3) is 5.82 Å². The molecule has 0 N–H and O–H groups in total. The van der Waals surface area contributed by atoms with Gasteiger partial charge in [0, 0.05) is 27.3 Å². The number of pyridine rings is 2. The Bertz CT molecular complexity index is 996. The van der Waals surface area contributed by atoms with Crippen molar-refractivity contribution in [2.75, 3.05) is 4.81 Å². The fourth-order valence-electron chi connectivity index (χ4n) is 3.00. The van der Waals surface area contributed by atoms with Gasteiger partial charge in [0.05, 0.1) is 19.4 Å². The number of rotatable bonds is 1. The maximum atomic E-state index is 7.55. The Morgan fingerprint density at radius 3 is 3.09 bits per heavy atom. The first-order valence-corrected chi connectivity index (χ1v) is 7.20. The first kappa shape index (κ1) is 10.2. The highest BCUT2D eigenvalue weighted by molar-refractivity contribution is 6.76. The van der Waals surface area contributed by atoms with E-state index in [1.54, 1.807) is 18.5 Å². The summed E-state index contributed by atoms with van der Waals surface area (Å²) < 4.78 is 30.5. The highest BCUT2D eigenvalue weighted by Crippen LogP contribution is 2.25. The molecule has 4 heterocycles. The summed E-state index contributed by atoms with van der Waals surface area (Å²) >= 11 is 0. The topological polar surface area (TPSA) is 33.2 Å². The van der Waals surface area contributed by atoms with Gasteiger partial charge in [0.2, 0.25) is 5.71 Å². The van der Waals surface area contributed by atoms with Crippen LogP contribution in [0.2, 0.25) is 6.82 Å². The molecule has 108 valence electrons. The molecule has 0 amide bonds. The van der Waals surface area contributed by atoms with Crippen molar-refractivity contribution in [1.29, 1.82) is 0 Å². The lowest BCUT2D eigenvalue weighted by Gasteiger charge is -2.21. The molecule has 0 bridgehead atoms. The molecule has 0 fully saturated rings. The van der Waals surface area contributed by atoms with Crippen molar-refractivity contribution in [1.82, 2.24) is 4.98 Å². The molecule has 5 heteroatoms. The largest absolute Gasteiger partial charge is 0.447 e. The Labute approximate surface area is 134 Å². The van der Waals surface area contributed by atoms with Gasteiger partial charge in [-0.1, -0.05) is 0 Å². The van der Waals surface area contributed by atoms with Crippen LogP contribution in [0.4, 0.5) is 5.82 Å². The van der Waals surface area contributed by atoms with Gasteiger partial charge in [-0.05, 0) is 43.5 Å². The maximum absolute atomic E-state index is 7.55. The first-order valence-electron chi connectivity index (χ1n) is 8.70. The molecule has 1 aliphatic rings. The molecule has 1 aliphatic heterocycles. The predicted molar refractivity (Wildman–Crippen MR) is 89.1 cm³/mol. The molecule has 4 nitrogen and oxygen atoms in total. The van der Waals surface area contributed by atoms with Gasteiger partial charge in [-0.15, -0.1) is 0 Å². The lowest BCUT2D eigenvalue weighted by Crippen LogP contribution is -2.50. The minimum absolute atomic E-state index is 0.0287. The summed E-state index contributed by atoms with van der Waals surface area (Å²) in [5, 5.41) is 1.00. The quantitative estimate of drug-likeness (QED) is 0.510. The summed E-state index contributed by atoms with van der Waals surface area (Å²) in [5.74, 6) is 0.885. The zero-order valence-corrected chi connectivity index (χ0v) is 12.4. The summed E-state index contributed by atoms with van der Waals surface area (Å²) in [6.45, 7) is -0.0846. The van der Waals surface area contributed by atoms with Crippen LogP contribution in [0.5, 0.6) is 0 Å². The minimum Gasteiger partial charge on any atom is -0.447 e. The SMILES string of the molecule is [2H]C([2H])([2H])c1ccc(N2C=Cc3c(oc4ncccc34)B2C)[n+](C)c1. The molecule has 22 heavy (non-hydrogen) atoms. The molecule has 0 radical (unpaired) electrons. The molecule has 0 saturated heterocycles. The Balaban J connectivity index is 1.77. The van der Waals surface area contributed by atoms with E-state index in [2.05, 4.69) is 16.6 Å². The standard InChI is InChI=1S/C17H17BN3O/c1-12-6-7-15(20(3)11-12)21-10-8-13-14-5-4-9-19-17(14)22-16(13)18(21)2/h4-11H,1-3H3/q+1/i1D3. The van der Waals surface area contributed by atoms with Crippen LogP contribution in [-0.4, -0.2) is 11.8 Å². The van der Waals surface area contributed by atoms with Crippen LogP contribution in [-0.2, 0) is 7.05 Å². The third kappa shape index (κ3) is 1.85. The number of nitrogens with zero attached hydrogens (tertiary/aromatic N) is 3. The Hall–Kier alpha value is -2.56. The van der Waals surface area contributed by atoms with Crippen molar-refractivity contribution in [3.05, 3.63) is 54.0 Å². The maximum Gasteiger partial charge on any atom is 0.447 e. The second-order valence-corrected chi connectivity index (χ2v) is 5.52. The molecule has 0 atom stereocenters. The van der Waals surface area contributed by atoms with E-state index in [0.717, 1.165) is 22.4 Å². The average Bonchev–Trinajstić information content (AvgIpc) is 2.95.